The molecule has 0 bridgehead atoms. The van der Waals surface area contributed by atoms with E-state index in [0.717, 1.165) is 29.2 Å². The van der Waals surface area contributed by atoms with E-state index in [9.17, 15) is 0 Å². The Balaban J connectivity index is 2.37. The summed E-state index contributed by atoms with van der Waals surface area (Å²) in [4.78, 5) is 0. The Kier molecular flexibility index (Phi) is 3.41. The molecule has 0 atom stereocenters. The zero-order valence-electron chi connectivity index (χ0n) is 9.63. The molecule has 0 unspecified atom stereocenters. The van der Waals surface area contributed by atoms with Crippen LogP contribution in [0, 0.1) is 0 Å². The van der Waals surface area contributed by atoms with Crippen LogP contribution in [0.25, 0.3) is 0 Å². The zero-order valence-corrected chi connectivity index (χ0v) is 10.4. The average Bonchev–Trinajstić information content (AvgIpc) is 2.30. The van der Waals surface area contributed by atoms with Gasteiger partial charge in [0.15, 0.2) is 0 Å². The Hall–Kier alpha value is -0.730. The summed E-state index contributed by atoms with van der Waals surface area (Å²) in [6.45, 7) is 0. The van der Waals surface area contributed by atoms with Crippen molar-refractivity contribution in [2.24, 2.45) is 5.73 Å². The number of methoxy groups -OCH3 is 1. The van der Waals surface area contributed by atoms with Crippen LogP contribution in [0.1, 0.15) is 37.7 Å². The van der Waals surface area contributed by atoms with Crippen molar-refractivity contribution in [3.8, 4) is 5.75 Å². The van der Waals surface area contributed by atoms with Crippen LogP contribution in [0.3, 0.4) is 0 Å². The summed E-state index contributed by atoms with van der Waals surface area (Å²) in [5.41, 5.74) is 7.24. The number of hydrogen-bond acceptors (Lipinski definition) is 2. The van der Waals surface area contributed by atoms with E-state index in [1.54, 1.807) is 7.11 Å². The van der Waals surface area contributed by atoms with Crippen molar-refractivity contribution in [1.29, 1.82) is 0 Å². The van der Waals surface area contributed by atoms with Crippen LogP contribution >= 0.6 is 11.6 Å². The van der Waals surface area contributed by atoms with Crippen molar-refractivity contribution in [3.05, 3.63) is 28.8 Å². The van der Waals surface area contributed by atoms with Gasteiger partial charge in [-0.05, 0) is 36.6 Å². The molecule has 16 heavy (non-hydrogen) atoms. The summed E-state index contributed by atoms with van der Waals surface area (Å²) in [5.74, 6) is 0.829. The topological polar surface area (TPSA) is 35.2 Å². The van der Waals surface area contributed by atoms with Crippen molar-refractivity contribution >= 4 is 11.6 Å². The van der Waals surface area contributed by atoms with Gasteiger partial charge in [0, 0.05) is 10.6 Å². The van der Waals surface area contributed by atoms with Crippen molar-refractivity contribution in [2.45, 2.75) is 37.6 Å². The number of rotatable bonds is 2. The van der Waals surface area contributed by atoms with E-state index in [1.807, 2.05) is 18.2 Å². The predicted molar refractivity (Wildman–Crippen MR) is 67.0 cm³/mol. The van der Waals surface area contributed by atoms with Crippen LogP contribution < -0.4 is 10.5 Å². The lowest BCUT2D eigenvalue weighted by molar-refractivity contribution is 0.301. The number of ether oxygens (including phenoxy) is 1. The van der Waals surface area contributed by atoms with Crippen molar-refractivity contribution in [2.75, 3.05) is 7.11 Å². The van der Waals surface area contributed by atoms with Gasteiger partial charge in [-0.1, -0.05) is 30.9 Å². The Bertz CT molecular complexity index is 372. The monoisotopic (exact) mass is 239 g/mol. The highest BCUT2D eigenvalue weighted by atomic mass is 35.5. The third-order valence-electron chi connectivity index (χ3n) is 3.46. The summed E-state index contributed by atoms with van der Waals surface area (Å²) in [7, 11) is 1.66. The van der Waals surface area contributed by atoms with E-state index in [2.05, 4.69) is 0 Å². The summed E-state index contributed by atoms with van der Waals surface area (Å²) < 4.78 is 5.23. The van der Waals surface area contributed by atoms with Gasteiger partial charge in [0.2, 0.25) is 0 Å². The minimum absolute atomic E-state index is 0.260. The fourth-order valence-electron chi connectivity index (χ4n) is 2.46. The summed E-state index contributed by atoms with van der Waals surface area (Å²) >= 11 is 6.24. The Labute approximate surface area is 102 Å². The minimum atomic E-state index is -0.260. The first kappa shape index (κ1) is 11.7. The van der Waals surface area contributed by atoms with Gasteiger partial charge in [0.1, 0.15) is 5.75 Å². The molecule has 1 saturated carbocycles. The minimum Gasteiger partial charge on any atom is -0.497 e. The van der Waals surface area contributed by atoms with Crippen LogP contribution in [-0.2, 0) is 5.54 Å². The molecule has 0 heterocycles. The highest BCUT2D eigenvalue weighted by Gasteiger charge is 2.31. The maximum absolute atomic E-state index is 6.46. The zero-order chi connectivity index (χ0) is 11.6. The molecule has 0 aromatic heterocycles. The third kappa shape index (κ3) is 2.18. The van der Waals surface area contributed by atoms with Gasteiger partial charge in [-0.2, -0.15) is 0 Å². The maximum Gasteiger partial charge on any atom is 0.119 e. The molecule has 0 radical (unpaired) electrons. The van der Waals surface area contributed by atoms with Gasteiger partial charge in [-0.3, -0.25) is 0 Å². The summed E-state index contributed by atoms with van der Waals surface area (Å²) in [5, 5.41) is 0.755. The molecule has 1 aliphatic rings. The van der Waals surface area contributed by atoms with E-state index in [0.29, 0.717) is 0 Å². The molecule has 88 valence electrons. The number of benzene rings is 1. The van der Waals surface area contributed by atoms with E-state index in [1.165, 1.54) is 19.3 Å². The molecule has 1 aliphatic carbocycles. The lowest BCUT2D eigenvalue weighted by Gasteiger charge is -2.34. The van der Waals surface area contributed by atoms with Crippen LogP contribution in [0.15, 0.2) is 18.2 Å². The van der Waals surface area contributed by atoms with E-state index in [4.69, 9.17) is 22.1 Å². The van der Waals surface area contributed by atoms with E-state index in [-0.39, 0.29) is 5.54 Å². The molecule has 0 spiro atoms. The highest BCUT2D eigenvalue weighted by Crippen LogP contribution is 2.39. The lowest BCUT2D eigenvalue weighted by atomic mass is 9.77. The molecule has 2 rings (SSSR count). The van der Waals surface area contributed by atoms with E-state index >= 15 is 0 Å². The van der Waals surface area contributed by atoms with Crippen molar-refractivity contribution in [1.82, 2.24) is 0 Å². The normalized spacial score (nSPS) is 19.4. The summed E-state index contributed by atoms with van der Waals surface area (Å²) in [6, 6.07) is 5.73. The quantitative estimate of drug-likeness (QED) is 0.858. The molecule has 0 saturated heterocycles. The molecule has 0 aliphatic heterocycles. The fraction of sp³-hybridized carbons (Fsp3) is 0.538. The largest absolute Gasteiger partial charge is 0.497 e. The van der Waals surface area contributed by atoms with Crippen LogP contribution in [0.5, 0.6) is 5.75 Å². The first-order chi connectivity index (χ1) is 7.65. The standard InChI is InChI=1S/C13H18ClNO/c1-16-10-5-6-12(14)11(9-10)13(15)7-3-2-4-8-13/h5-6,9H,2-4,7-8,15H2,1H3. The molecule has 1 fully saturated rings. The van der Waals surface area contributed by atoms with Gasteiger partial charge < -0.3 is 10.5 Å². The molecule has 2 nitrogen and oxygen atoms in total. The fourth-order valence-corrected chi connectivity index (χ4v) is 2.77. The lowest BCUT2D eigenvalue weighted by Crippen LogP contribution is -2.38. The second kappa shape index (κ2) is 4.64. The molecular weight excluding hydrogens is 222 g/mol. The number of halogens is 1. The van der Waals surface area contributed by atoms with Crippen molar-refractivity contribution < 1.29 is 4.74 Å². The van der Waals surface area contributed by atoms with Gasteiger partial charge in [-0.25, -0.2) is 0 Å². The Morgan fingerprint density at radius 1 is 1.25 bits per heavy atom. The first-order valence-electron chi connectivity index (χ1n) is 5.79. The van der Waals surface area contributed by atoms with Crippen LogP contribution in [0.4, 0.5) is 0 Å². The SMILES string of the molecule is COc1ccc(Cl)c(C2(N)CCCCC2)c1. The van der Waals surface area contributed by atoms with Gasteiger partial charge in [-0.15, -0.1) is 0 Å². The maximum atomic E-state index is 6.46. The molecule has 3 heteroatoms. The number of nitrogens with two attached hydrogens (primary N) is 1. The molecule has 0 amide bonds. The molecule has 2 N–H and O–H groups in total. The molecule has 1 aromatic rings. The Morgan fingerprint density at radius 3 is 2.56 bits per heavy atom. The smallest absolute Gasteiger partial charge is 0.119 e. The van der Waals surface area contributed by atoms with Gasteiger partial charge in [0.05, 0.1) is 7.11 Å². The van der Waals surface area contributed by atoms with E-state index < -0.39 is 0 Å². The Morgan fingerprint density at radius 2 is 1.94 bits per heavy atom. The highest BCUT2D eigenvalue weighted by molar-refractivity contribution is 6.31. The average molecular weight is 240 g/mol. The number of hydrogen-bond donors (Lipinski definition) is 1. The van der Waals surface area contributed by atoms with Crippen LogP contribution in [-0.4, -0.2) is 7.11 Å². The molecule has 1 aromatic carbocycles. The van der Waals surface area contributed by atoms with Crippen LogP contribution in [0.2, 0.25) is 5.02 Å². The van der Waals surface area contributed by atoms with Gasteiger partial charge >= 0.3 is 0 Å². The third-order valence-corrected chi connectivity index (χ3v) is 3.79. The predicted octanol–water partition coefficient (Wildman–Crippen LogP) is 3.47. The van der Waals surface area contributed by atoms with Crippen molar-refractivity contribution in [3.63, 3.8) is 0 Å². The van der Waals surface area contributed by atoms with Gasteiger partial charge in [0.25, 0.3) is 0 Å². The first-order valence-corrected chi connectivity index (χ1v) is 6.16. The summed E-state index contributed by atoms with van der Waals surface area (Å²) in [6.07, 6.45) is 5.67. The second-order valence-electron chi connectivity index (χ2n) is 4.56. The molecular formula is C13H18ClNO. The second-order valence-corrected chi connectivity index (χ2v) is 4.97.